The van der Waals surface area contributed by atoms with Crippen molar-refractivity contribution < 1.29 is 33.2 Å². The van der Waals surface area contributed by atoms with Crippen molar-refractivity contribution in [3.63, 3.8) is 0 Å². The second kappa shape index (κ2) is 24.3. The fourth-order valence-corrected chi connectivity index (χ4v) is 1.16. The predicted molar refractivity (Wildman–Crippen MR) is 127 cm³/mol. The summed E-state index contributed by atoms with van der Waals surface area (Å²) in [7, 11) is -0.611. The average molecular weight is 525 g/mol. The fraction of sp³-hybridized carbons (Fsp3) is 0.722. The third-order valence-corrected chi connectivity index (χ3v) is 2.24. The van der Waals surface area contributed by atoms with Crippen LogP contribution < -0.4 is 0 Å². The van der Waals surface area contributed by atoms with E-state index in [0.717, 1.165) is 7.11 Å². The van der Waals surface area contributed by atoms with E-state index in [9.17, 15) is 0 Å². The van der Waals surface area contributed by atoms with Gasteiger partial charge in [0.15, 0.2) is 8.32 Å². The van der Waals surface area contributed by atoms with E-state index in [1.54, 1.807) is 23.3 Å². The van der Waals surface area contributed by atoms with Gasteiger partial charge in [0.05, 0.1) is 0 Å². The molecule has 26 heavy (non-hydrogen) atoms. The van der Waals surface area contributed by atoms with Crippen LogP contribution >= 0.6 is 24.8 Å². The molecule has 1 aliphatic carbocycles. The van der Waals surface area contributed by atoms with Crippen LogP contribution in [-0.4, -0.2) is 37.7 Å². The second-order valence-corrected chi connectivity index (χ2v) is 11.6. The molecule has 0 saturated heterocycles. The Labute approximate surface area is 194 Å². The number of hydrogen-bond acceptors (Lipinski definition) is 2. The van der Waals surface area contributed by atoms with Gasteiger partial charge in [0.25, 0.3) is 0 Å². The van der Waals surface area contributed by atoms with E-state index in [4.69, 9.17) is 15.6 Å². The molecule has 0 aliphatic heterocycles. The van der Waals surface area contributed by atoms with Crippen molar-refractivity contribution in [2.45, 2.75) is 73.6 Å². The molecule has 0 radical (unpaired) electrons. The van der Waals surface area contributed by atoms with Gasteiger partial charge in [-0.3, -0.25) is 6.08 Å². The van der Waals surface area contributed by atoms with Gasteiger partial charge in [0.2, 0.25) is 0 Å². The third kappa shape index (κ3) is 49.9. The molecule has 8 heteroatoms. The number of allylic oxidation sites excluding steroid dienone is 4. The molecule has 0 aromatic heterocycles. The zero-order valence-corrected chi connectivity index (χ0v) is 25.5. The molecule has 162 valence electrons. The van der Waals surface area contributed by atoms with Gasteiger partial charge >= 0.3 is 30.2 Å². The van der Waals surface area contributed by atoms with Gasteiger partial charge in [0, 0.05) is 7.11 Å². The molecule has 0 heterocycles. The number of rotatable bonds is 0. The van der Waals surface area contributed by atoms with Crippen molar-refractivity contribution in [2.75, 3.05) is 7.11 Å². The van der Waals surface area contributed by atoms with Gasteiger partial charge in [-0.2, -0.15) is 11.1 Å². The number of halogens is 2. The Morgan fingerprint density at radius 1 is 1.04 bits per heavy atom. The molecule has 3 nitrogen and oxygen atoms in total. The zero-order valence-electron chi connectivity index (χ0n) is 19.0. The van der Waals surface area contributed by atoms with Crippen LogP contribution in [0.3, 0.4) is 0 Å². The molecular formula is C18H44Cl2NO2Si2Zr-3. The summed E-state index contributed by atoms with van der Waals surface area (Å²) < 4.78 is 0. The Kier molecular flexibility index (Phi) is 42.8. The number of hydrogen-bond donors (Lipinski definition) is 2. The van der Waals surface area contributed by atoms with Crippen LogP contribution in [0, 0.1) is 19.4 Å². The molecule has 0 aromatic rings. The van der Waals surface area contributed by atoms with Crippen molar-refractivity contribution in [1.82, 2.24) is 0 Å². The van der Waals surface area contributed by atoms with E-state index in [0.29, 0.717) is 5.92 Å². The number of aliphatic hydroxyl groups is 1. The Morgan fingerprint density at radius 2 is 1.23 bits per heavy atom. The molecule has 0 fully saturated rings. The molecular weight excluding hydrogens is 481 g/mol. The monoisotopic (exact) mass is 522 g/mol. The summed E-state index contributed by atoms with van der Waals surface area (Å²) in [5, 5.41) is 7.00. The van der Waals surface area contributed by atoms with Crippen LogP contribution in [0.4, 0.5) is 0 Å². The average Bonchev–Trinajstić information content (AvgIpc) is 2.57. The summed E-state index contributed by atoms with van der Waals surface area (Å²) in [5.41, 5.74) is 10.9. The molecule has 1 rings (SSSR count). The first-order valence-electron chi connectivity index (χ1n) is 7.68. The SMILES string of the molecule is CC(C)(C)[NH-].CC1=[C-]C(C)C(C)=C1C.CO.C[Si](C)(C)O.Cl.Cl.[CH3-].[SiH2]=[Zr]. The van der Waals surface area contributed by atoms with Crippen molar-refractivity contribution >= 4 is 40.0 Å². The molecule has 0 aromatic carbocycles. The standard InChI is InChI=1S/C9H13.C4H10N.C3H10OSi.CH4O.CH3.2ClH.H2Si.Zr/c1-6-5-7(2)9(4)8(6)3;1-4(2,3)5;1-5(2,3)4;1-2;;;;;/h6H,1-4H3;5H,1-3H3;4H,1-3H3;2H,1H3;1H3;2*1H;1H2;/q2*-1;;;-1;;;;. The molecule has 1 atom stereocenters. The maximum absolute atomic E-state index is 8.66. The molecule has 1 aliphatic rings. The van der Waals surface area contributed by atoms with E-state index in [-0.39, 0.29) is 37.8 Å². The van der Waals surface area contributed by atoms with Gasteiger partial charge in [-0.25, -0.2) is 5.57 Å². The van der Waals surface area contributed by atoms with Gasteiger partial charge in [-0.05, 0) is 19.6 Å². The topological polar surface area (TPSA) is 64.3 Å². The van der Waals surface area contributed by atoms with Crippen molar-refractivity contribution in [1.29, 1.82) is 0 Å². The molecule has 0 amide bonds. The minimum absolute atomic E-state index is 0. The van der Waals surface area contributed by atoms with Gasteiger partial charge in [-0.1, -0.05) is 47.5 Å². The van der Waals surface area contributed by atoms with Crippen LogP contribution in [0.2, 0.25) is 19.6 Å². The Morgan fingerprint density at radius 3 is 1.27 bits per heavy atom. The Bertz CT molecular complexity index is 343. The predicted octanol–water partition coefficient (Wildman–Crippen LogP) is 5.36. The van der Waals surface area contributed by atoms with Crippen LogP contribution in [-0.2, 0) is 23.3 Å². The van der Waals surface area contributed by atoms with Crippen molar-refractivity contribution in [3.8, 4) is 0 Å². The first kappa shape index (κ1) is 45.8. The van der Waals surface area contributed by atoms with E-state index in [1.807, 2.05) is 47.3 Å². The quantitative estimate of drug-likeness (QED) is 0.331. The summed E-state index contributed by atoms with van der Waals surface area (Å²) in [6.07, 6.45) is 3.36. The van der Waals surface area contributed by atoms with E-state index in [1.165, 1.54) is 16.7 Å². The molecule has 0 saturated carbocycles. The van der Waals surface area contributed by atoms with Crippen LogP contribution in [0.25, 0.3) is 5.73 Å². The zero-order chi connectivity index (χ0) is 20.0. The van der Waals surface area contributed by atoms with Gasteiger partial charge in [0.1, 0.15) is 0 Å². The van der Waals surface area contributed by atoms with Crippen molar-refractivity contribution in [3.05, 3.63) is 36.0 Å². The second-order valence-electron chi connectivity index (χ2n) is 7.22. The number of nitrogens with one attached hydrogen (secondary N) is 1. The summed E-state index contributed by atoms with van der Waals surface area (Å²) >= 11 is 1.58. The van der Waals surface area contributed by atoms with Crippen LogP contribution in [0.5, 0.6) is 0 Å². The molecule has 0 spiro atoms. The molecule has 3 N–H and O–H groups in total. The van der Waals surface area contributed by atoms with E-state index < -0.39 is 8.32 Å². The first-order valence-corrected chi connectivity index (χ1v) is 17.0. The van der Waals surface area contributed by atoms with Crippen molar-refractivity contribution in [2.24, 2.45) is 5.92 Å². The third-order valence-electron chi connectivity index (χ3n) is 2.24. The van der Waals surface area contributed by atoms with Crippen LogP contribution in [0.1, 0.15) is 48.5 Å². The maximum atomic E-state index is 8.66. The Hall–Kier alpha value is 1.26. The summed E-state index contributed by atoms with van der Waals surface area (Å²) in [6.45, 7) is 21.8. The summed E-state index contributed by atoms with van der Waals surface area (Å²) in [5.74, 6) is 0.560. The Balaban J connectivity index is -0.0000000378. The van der Waals surface area contributed by atoms with Crippen LogP contribution in [0.15, 0.2) is 16.7 Å². The first-order chi connectivity index (χ1) is 10.1. The normalized spacial score (nSPS) is 14.3. The van der Waals surface area contributed by atoms with E-state index >= 15 is 0 Å². The van der Waals surface area contributed by atoms with Gasteiger partial charge in [-0.15, -0.1) is 37.3 Å². The summed E-state index contributed by atoms with van der Waals surface area (Å²) in [4.78, 5) is 8.66. The number of aliphatic hydroxyl groups excluding tert-OH is 1. The summed E-state index contributed by atoms with van der Waals surface area (Å²) in [6, 6.07) is 0. The fourth-order valence-electron chi connectivity index (χ4n) is 1.16. The minimum atomic E-state index is -1.61. The molecule has 0 bridgehead atoms. The molecule has 1 unspecified atom stereocenters. The van der Waals surface area contributed by atoms with Gasteiger partial charge < -0.3 is 23.1 Å². The van der Waals surface area contributed by atoms with E-state index in [2.05, 4.69) is 33.8 Å².